The van der Waals surface area contributed by atoms with Gasteiger partial charge in [-0.1, -0.05) is 28.1 Å². The predicted molar refractivity (Wildman–Crippen MR) is 111 cm³/mol. The average molecular weight is 430 g/mol. The van der Waals surface area contributed by atoms with E-state index in [9.17, 15) is 5.11 Å². The van der Waals surface area contributed by atoms with E-state index in [2.05, 4.69) is 32.6 Å². The first-order valence-electron chi connectivity index (χ1n) is 9.28. The van der Waals surface area contributed by atoms with Crippen LogP contribution in [0.4, 0.5) is 0 Å². The highest BCUT2D eigenvalue weighted by atomic mass is 79.9. The fourth-order valence-corrected chi connectivity index (χ4v) is 4.36. The van der Waals surface area contributed by atoms with Crippen molar-refractivity contribution >= 4 is 21.6 Å². The number of phenols is 1. The van der Waals surface area contributed by atoms with Crippen molar-refractivity contribution in [3.05, 3.63) is 58.1 Å². The van der Waals surface area contributed by atoms with Crippen molar-refractivity contribution in [2.45, 2.75) is 31.0 Å². The Morgan fingerprint density at radius 3 is 2.78 bits per heavy atom. The van der Waals surface area contributed by atoms with Gasteiger partial charge in [0.1, 0.15) is 17.2 Å². The molecule has 1 spiro atoms. The van der Waals surface area contributed by atoms with E-state index in [4.69, 9.17) is 9.73 Å². The standard InChI is InChI=1S/C21H24BrN3O2/c1-27-16-4-2-3-14(11-16)18-13-19(17-12-15(22)5-6-20(17)26)25-21(24-18)7-9-23-10-8-21/h2-6,11-12,19,23,25-26H,7-10,13H2,1H3. The maximum Gasteiger partial charge on any atom is 0.120 e. The molecule has 3 N–H and O–H groups in total. The van der Waals surface area contributed by atoms with Crippen molar-refractivity contribution in [2.75, 3.05) is 20.2 Å². The molecule has 0 bridgehead atoms. The largest absolute Gasteiger partial charge is 0.508 e. The maximum atomic E-state index is 10.5. The summed E-state index contributed by atoms with van der Waals surface area (Å²) >= 11 is 3.53. The van der Waals surface area contributed by atoms with Gasteiger partial charge in [0.15, 0.2) is 0 Å². The predicted octanol–water partition coefficient (Wildman–Crippen LogP) is 3.77. The minimum Gasteiger partial charge on any atom is -0.508 e. The van der Waals surface area contributed by atoms with E-state index in [1.54, 1.807) is 13.2 Å². The lowest BCUT2D eigenvalue weighted by Gasteiger charge is -2.42. The van der Waals surface area contributed by atoms with Gasteiger partial charge in [0.25, 0.3) is 0 Å². The Labute approximate surface area is 168 Å². The van der Waals surface area contributed by atoms with Crippen LogP contribution in [0.5, 0.6) is 11.5 Å². The highest BCUT2D eigenvalue weighted by molar-refractivity contribution is 9.10. The van der Waals surface area contributed by atoms with Crippen LogP contribution in [-0.2, 0) is 0 Å². The molecule has 0 saturated carbocycles. The Bertz CT molecular complexity index is 862. The third-order valence-electron chi connectivity index (χ3n) is 5.39. The lowest BCUT2D eigenvalue weighted by molar-refractivity contribution is 0.216. The summed E-state index contributed by atoms with van der Waals surface area (Å²) in [7, 11) is 1.68. The van der Waals surface area contributed by atoms with Crippen molar-refractivity contribution in [2.24, 2.45) is 4.99 Å². The van der Waals surface area contributed by atoms with Gasteiger partial charge in [-0.15, -0.1) is 0 Å². The first-order valence-corrected chi connectivity index (χ1v) is 10.1. The topological polar surface area (TPSA) is 65.9 Å². The van der Waals surface area contributed by atoms with E-state index in [1.165, 1.54) is 0 Å². The Kier molecular flexibility index (Phi) is 5.21. The molecule has 2 aromatic carbocycles. The van der Waals surface area contributed by atoms with E-state index in [-0.39, 0.29) is 11.7 Å². The van der Waals surface area contributed by atoms with Crippen LogP contribution < -0.4 is 15.4 Å². The molecular weight excluding hydrogens is 406 g/mol. The van der Waals surface area contributed by atoms with Gasteiger partial charge in [-0.3, -0.25) is 10.3 Å². The van der Waals surface area contributed by atoms with Crippen molar-refractivity contribution in [1.82, 2.24) is 10.6 Å². The fourth-order valence-electron chi connectivity index (χ4n) is 3.98. The molecule has 5 nitrogen and oxygen atoms in total. The summed E-state index contributed by atoms with van der Waals surface area (Å²) in [5, 5.41) is 17.6. The van der Waals surface area contributed by atoms with Crippen LogP contribution in [-0.4, -0.2) is 36.7 Å². The summed E-state index contributed by atoms with van der Waals surface area (Å²) in [6.07, 6.45) is 2.56. The Hall–Kier alpha value is -1.89. The van der Waals surface area contributed by atoms with Crippen LogP contribution in [0.3, 0.4) is 0 Å². The number of methoxy groups -OCH3 is 1. The molecule has 1 saturated heterocycles. The number of hydrogen-bond donors (Lipinski definition) is 3. The zero-order valence-corrected chi connectivity index (χ0v) is 16.9. The Balaban J connectivity index is 1.76. The molecule has 0 aliphatic carbocycles. The van der Waals surface area contributed by atoms with E-state index < -0.39 is 0 Å². The number of aromatic hydroxyl groups is 1. The molecule has 142 valence electrons. The van der Waals surface area contributed by atoms with Crippen molar-refractivity contribution in [3.8, 4) is 11.5 Å². The number of halogens is 1. The summed E-state index contributed by atoms with van der Waals surface area (Å²) in [6.45, 7) is 1.86. The number of rotatable bonds is 3. The number of piperidine rings is 1. The molecule has 6 heteroatoms. The molecule has 1 unspecified atom stereocenters. The van der Waals surface area contributed by atoms with Crippen LogP contribution >= 0.6 is 15.9 Å². The summed E-state index contributed by atoms with van der Waals surface area (Å²) in [6, 6.07) is 13.7. The fraction of sp³-hybridized carbons (Fsp3) is 0.381. The second-order valence-corrected chi connectivity index (χ2v) is 8.09. The summed E-state index contributed by atoms with van der Waals surface area (Å²) in [5.74, 6) is 1.14. The summed E-state index contributed by atoms with van der Waals surface area (Å²) < 4.78 is 6.36. The Morgan fingerprint density at radius 1 is 1.19 bits per heavy atom. The normalized spacial score (nSPS) is 21.7. The summed E-state index contributed by atoms with van der Waals surface area (Å²) in [4.78, 5) is 5.16. The number of benzene rings is 2. The number of phenolic OH excluding ortho intramolecular Hbond substituents is 1. The van der Waals surface area contributed by atoms with E-state index in [1.807, 2.05) is 30.3 Å². The zero-order chi connectivity index (χ0) is 18.9. The zero-order valence-electron chi connectivity index (χ0n) is 15.3. The first kappa shape index (κ1) is 18.5. The molecule has 1 atom stereocenters. The molecule has 2 aromatic rings. The molecule has 27 heavy (non-hydrogen) atoms. The molecule has 1 fully saturated rings. The smallest absolute Gasteiger partial charge is 0.120 e. The lowest BCUT2D eigenvalue weighted by atomic mass is 9.88. The van der Waals surface area contributed by atoms with Crippen LogP contribution in [0.25, 0.3) is 0 Å². The quantitative estimate of drug-likeness (QED) is 0.694. The minimum absolute atomic E-state index is 0.000647. The maximum absolute atomic E-state index is 10.5. The van der Waals surface area contributed by atoms with Gasteiger partial charge >= 0.3 is 0 Å². The number of hydrogen-bond acceptors (Lipinski definition) is 5. The molecular formula is C21H24BrN3O2. The second-order valence-electron chi connectivity index (χ2n) is 7.18. The van der Waals surface area contributed by atoms with E-state index in [0.29, 0.717) is 12.2 Å². The number of ether oxygens (including phenoxy) is 1. The number of nitrogens with zero attached hydrogens (tertiary/aromatic N) is 1. The van der Waals surface area contributed by atoms with Crippen molar-refractivity contribution in [3.63, 3.8) is 0 Å². The van der Waals surface area contributed by atoms with Gasteiger partial charge in [-0.25, -0.2) is 0 Å². The molecule has 2 aliphatic rings. The first-order chi connectivity index (χ1) is 13.1. The molecule has 0 amide bonds. The van der Waals surface area contributed by atoms with Crippen LogP contribution in [0.15, 0.2) is 51.9 Å². The monoisotopic (exact) mass is 429 g/mol. The molecule has 4 rings (SSSR count). The minimum atomic E-state index is -0.304. The second kappa shape index (κ2) is 7.62. The third-order valence-corrected chi connectivity index (χ3v) is 5.88. The van der Waals surface area contributed by atoms with Gasteiger partial charge < -0.3 is 15.2 Å². The number of aliphatic imine (C=N–C) groups is 1. The molecule has 0 aromatic heterocycles. The van der Waals surface area contributed by atoms with Gasteiger partial charge in [0, 0.05) is 28.2 Å². The van der Waals surface area contributed by atoms with Gasteiger partial charge in [-0.05, 0) is 61.8 Å². The van der Waals surface area contributed by atoms with Crippen LogP contribution in [0.2, 0.25) is 0 Å². The SMILES string of the molecule is COc1cccc(C2=NC3(CCNCC3)NC(c3cc(Br)ccc3O)C2)c1. The van der Waals surface area contributed by atoms with Crippen molar-refractivity contribution in [1.29, 1.82) is 0 Å². The van der Waals surface area contributed by atoms with Gasteiger partial charge in [0.05, 0.1) is 7.11 Å². The van der Waals surface area contributed by atoms with Gasteiger partial charge in [0.2, 0.25) is 0 Å². The molecule has 0 radical (unpaired) electrons. The van der Waals surface area contributed by atoms with E-state index >= 15 is 0 Å². The average Bonchev–Trinajstić information content (AvgIpc) is 2.70. The highest BCUT2D eigenvalue weighted by Gasteiger charge is 2.39. The van der Waals surface area contributed by atoms with Gasteiger partial charge in [-0.2, -0.15) is 0 Å². The summed E-state index contributed by atoms with van der Waals surface area (Å²) in [5.41, 5.74) is 2.73. The van der Waals surface area contributed by atoms with Crippen LogP contribution in [0, 0.1) is 0 Å². The lowest BCUT2D eigenvalue weighted by Crippen LogP contribution is -2.55. The van der Waals surface area contributed by atoms with E-state index in [0.717, 1.165) is 53.0 Å². The third kappa shape index (κ3) is 3.88. The molecule has 2 aliphatic heterocycles. The van der Waals surface area contributed by atoms with Crippen LogP contribution in [0.1, 0.15) is 36.4 Å². The number of nitrogens with one attached hydrogen (secondary N) is 2. The molecule has 2 heterocycles. The highest BCUT2D eigenvalue weighted by Crippen LogP contribution is 2.37. The Morgan fingerprint density at radius 2 is 2.00 bits per heavy atom. The van der Waals surface area contributed by atoms with Crippen molar-refractivity contribution < 1.29 is 9.84 Å².